The molecule has 1 heterocycles. The molecule has 1 atom stereocenters. The van der Waals surface area contributed by atoms with E-state index in [4.69, 9.17) is 28.9 Å². The second-order valence-corrected chi connectivity index (χ2v) is 5.02. The van der Waals surface area contributed by atoms with E-state index in [-0.39, 0.29) is 6.04 Å². The van der Waals surface area contributed by atoms with Crippen LogP contribution in [0.1, 0.15) is 29.8 Å². The summed E-state index contributed by atoms with van der Waals surface area (Å²) in [6.07, 6.45) is 2.80. The average molecular weight is 284 g/mol. The Hall–Kier alpha value is -1.03. The van der Waals surface area contributed by atoms with Crippen LogP contribution in [0.25, 0.3) is 0 Å². The fourth-order valence-corrected chi connectivity index (χ4v) is 2.28. The van der Waals surface area contributed by atoms with Crippen molar-refractivity contribution >= 4 is 23.2 Å². The molecule has 0 aliphatic carbocycles. The normalized spacial score (nSPS) is 12.7. The van der Waals surface area contributed by atoms with E-state index >= 15 is 0 Å². The molecule has 2 N–H and O–H groups in total. The number of nitrogens with zero attached hydrogens (tertiary/aromatic N) is 2. The summed E-state index contributed by atoms with van der Waals surface area (Å²) in [7, 11) is 1.89. The van der Waals surface area contributed by atoms with Gasteiger partial charge in [-0.05, 0) is 24.1 Å². The largest absolute Gasteiger partial charge is 0.320 e. The number of benzene rings is 1. The zero-order chi connectivity index (χ0) is 13.3. The molecule has 2 aromatic rings. The van der Waals surface area contributed by atoms with Gasteiger partial charge in [-0.3, -0.25) is 4.68 Å². The predicted octanol–water partition coefficient (Wildman–Crippen LogP) is 3.34. The lowest BCUT2D eigenvalue weighted by Crippen LogP contribution is -2.13. The first kappa shape index (κ1) is 13.4. The SMILES string of the molecule is CCc1nn(C)cc1C(N)c1ccc(Cl)c(Cl)c1. The minimum absolute atomic E-state index is 0.233. The Morgan fingerprint density at radius 1 is 1.33 bits per heavy atom. The van der Waals surface area contributed by atoms with E-state index in [1.807, 2.05) is 19.3 Å². The van der Waals surface area contributed by atoms with Crippen LogP contribution in [0.3, 0.4) is 0 Å². The van der Waals surface area contributed by atoms with Crippen molar-refractivity contribution in [3.8, 4) is 0 Å². The number of aromatic nitrogens is 2. The number of hydrogen-bond donors (Lipinski definition) is 1. The van der Waals surface area contributed by atoms with Crippen molar-refractivity contribution in [2.24, 2.45) is 12.8 Å². The van der Waals surface area contributed by atoms with E-state index in [2.05, 4.69) is 12.0 Å². The second kappa shape index (κ2) is 5.31. The van der Waals surface area contributed by atoms with E-state index in [0.717, 1.165) is 23.2 Å². The fourth-order valence-electron chi connectivity index (χ4n) is 1.97. The Balaban J connectivity index is 2.40. The lowest BCUT2D eigenvalue weighted by Gasteiger charge is -2.12. The van der Waals surface area contributed by atoms with Gasteiger partial charge in [0, 0.05) is 18.8 Å². The summed E-state index contributed by atoms with van der Waals surface area (Å²) in [6.45, 7) is 2.06. The molecule has 0 fully saturated rings. The van der Waals surface area contributed by atoms with Crippen LogP contribution in [-0.4, -0.2) is 9.78 Å². The third kappa shape index (κ3) is 2.53. The molecule has 0 aliphatic heterocycles. The highest BCUT2D eigenvalue weighted by atomic mass is 35.5. The van der Waals surface area contributed by atoms with Gasteiger partial charge >= 0.3 is 0 Å². The van der Waals surface area contributed by atoms with Crippen LogP contribution in [-0.2, 0) is 13.5 Å². The standard InChI is InChI=1S/C13H15Cl2N3/c1-3-12-9(7-18(2)17-12)13(16)8-4-5-10(14)11(15)6-8/h4-7,13H,3,16H2,1-2H3. The van der Waals surface area contributed by atoms with Crippen LogP contribution in [0.15, 0.2) is 24.4 Å². The van der Waals surface area contributed by atoms with Crippen LogP contribution in [0.5, 0.6) is 0 Å². The van der Waals surface area contributed by atoms with Gasteiger partial charge in [-0.1, -0.05) is 36.2 Å². The molecule has 1 aromatic heterocycles. The minimum atomic E-state index is -0.233. The zero-order valence-electron chi connectivity index (χ0n) is 10.3. The summed E-state index contributed by atoms with van der Waals surface area (Å²) in [5.41, 5.74) is 9.24. The smallest absolute Gasteiger partial charge is 0.0672 e. The maximum Gasteiger partial charge on any atom is 0.0672 e. The monoisotopic (exact) mass is 283 g/mol. The van der Waals surface area contributed by atoms with Crippen molar-refractivity contribution in [2.45, 2.75) is 19.4 Å². The number of halogens is 2. The maximum atomic E-state index is 6.27. The van der Waals surface area contributed by atoms with E-state index < -0.39 is 0 Å². The molecule has 1 unspecified atom stereocenters. The second-order valence-electron chi connectivity index (χ2n) is 4.21. The van der Waals surface area contributed by atoms with Gasteiger partial charge < -0.3 is 5.73 Å². The molecular weight excluding hydrogens is 269 g/mol. The molecule has 2 rings (SSSR count). The lowest BCUT2D eigenvalue weighted by atomic mass is 9.99. The topological polar surface area (TPSA) is 43.8 Å². The summed E-state index contributed by atoms with van der Waals surface area (Å²) < 4.78 is 1.78. The van der Waals surface area contributed by atoms with Gasteiger partial charge in [0.1, 0.15) is 0 Å². The van der Waals surface area contributed by atoms with Crippen molar-refractivity contribution in [1.29, 1.82) is 0 Å². The van der Waals surface area contributed by atoms with Gasteiger partial charge in [-0.2, -0.15) is 5.10 Å². The molecule has 1 aromatic carbocycles. The third-order valence-corrected chi connectivity index (χ3v) is 3.65. The molecule has 0 saturated carbocycles. The molecule has 0 spiro atoms. The molecular formula is C13H15Cl2N3. The van der Waals surface area contributed by atoms with Crippen molar-refractivity contribution in [3.05, 3.63) is 51.3 Å². The van der Waals surface area contributed by atoms with Crippen LogP contribution in [0.2, 0.25) is 10.0 Å². The van der Waals surface area contributed by atoms with Gasteiger partial charge in [0.2, 0.25) is 0 Å². The van der Waals surface area contributed by atoms with Gasteiger partial charge in [0.05, 0.1) is 21.8 Å². The fraction of sp³-hybridized carbons (Fsp3) is 0.308. The van der Waals surface area contributed by atoms with E-state index in [1.165, 1.54) is 0 Å². The molecule has 96 valence electrons. The molecule has 0 bridgehead atoms. The van der Waals surface area contributed by atoms with Crippen molar-refractivity contribution in [2.75, 3.05) is 0 Å². The van der Waals surface area contributed by atoms with Gasteiger partial charge in [0.15, 0.2) is 0 Å². The number of hydrogen-bond acceptors (Lipinski definition) is 2. The molecule has 0 amide bonds. The van der Waals surface area contributed by atoms with Crippen molar-refractivity contribution in [1.82, 2.24) is 9.78 Å². The third-order valence-electron chi connectivity index (χ3n) is 2.91. The first-order valence-electron chi connectivity index (χ1n) is 5.76. The van der Waals surface area contributed by atoms with Crippen LogP contribution in [0, 0.1) is 0 Å². The summed E-state index contributed by atoms with van der Waals surface area (Å²) >= 11 is 11.9. The number of aryl methyl sites for hydroxylation is 2. The first-order chi connectivity index (χ1) is 8.52. The van der Waals surface area contributed by atoms with Gasteiger partial charge in [-0.15, -0.1) is 0 Å². The quantitative estimate of drug-likeness (QED) is 0.939. The predicted molar refractivity (Wildman–Crippen MR) is 75.1 cm³/mol. The maximum absolute atomic E-state index is 6.27. The molecule has 18 heavy (non-hydrogen) atoms. The van der Waals surface area contributed by atoms with Crippen LogP contribution in [0.4, 0.5) is 0 Å². The molecule has 3 nitrogen and oxygen atoms in total. The highest BCUT2D eigenvalue weighted by Gasteiger charge is 2.16. The average Bonchev–Trinajstić information content (AvgIpc) is 2.73. The molecule has 0 radical (unpaired) electrons. The van der Waals surface area contributed by atoms with Crippen LogP contribution < -0.4 is 5.73 Å². The van der Waals surface area contributed by atoms with Crippen molar-refractivity contribution < 1.29 is 0 Å². The minimum Gasteiger partial charge on any atom is -0.320 e. The summed E-state index contributed by atoms with van der Waals surface area (Å²) in [4.78, 5) is 0. The Labute approximate surface area is 117 Å². The van der Waals surface area contributed by atoms with Gasteiger partial charge in [-0.25, -0.2) is 0 Å². The van der Waals surface area contributed by atoms with E-state index in [0.29, 0.717) is 10.0 Å². The molecule has 0 aliphatic rings. The first-order valence-corrected chi connectivity index (χ1v) is 6.51. The Morgan fingerprint density at radius 3 is 2.67 bits per heavy atom. The zero-order valence-corrected chi connectivity index (χ0v) is 11.8. The van der Waals surface area contributed by atoms with E-state index in [1.54, 1.807) is 16.8 Å². The summed E-state index contributed by atoms with van der Waals surface area (Å²) in [5, 5.41) is 5.45. The number of rotatable bonds is 3. The highest BCUT2D eigenvalue weighted by molar-refractivity contribution is 6.42. The summed E-state index contributed by atoms with van der Waals surface area (Å²) in [5.74, 6) is 0. The Kier molecular flexibility index (Phi) is 3.95. The number of nitrogens with two attached hydrogens (primary N) is 1. The van der Waals surface area contributed by atoms with E-state index in [9.17, 15) is 0 Å². The molecule has 0 saturated heterocycles. The van der Waals surface area contributed by atoms with Crippen molar-refractivity contribution in [3.63, 3.8) is 0 Å². The lowest BCUT2D eigenvalue weighted by molar-refractivity contribution is 0.746. The molecule has 5 heteroatoms. The van der Waals surface area contributed by atoms with Crippen LogP contribution >= 0.6 is 23.2 Å². The summed E-state index contributed by atoms with van der Waals surface area (Å²) in [6, 6.07) is 5.23. The Morgan fingerprint density at radius 2 is 2.06 bits per heavy atom. The van der Waals surface area contributed by atoms with Gasteiger partial charge in [0.25, 0.3) is 0 Å². The highest BCUT2D eigenvalue weighted by Crippen LogP contribution is 2.28. The Bertz CT molecular complexity index is 563.